The minimum atomic E-state index is -1.61. The minimum absolute atomic E-state index is 0.200. The van der Waals surface area contributed by atoms with Crippen molar-refractivity contribution in [1.29, 1.82) is 0 Å². The predicted octanol–water partition coefficient (Wildman–Crippen LogP) is 5.81. The zero-order valence-corrected chi connectivity index (χ0v) is 22.7. The summed E-state index contributed by atoms with van der Waals surface area (Å²) in [5.41, 5.74) is -1.41. The van der Waals surface area contributed by atoms with Crippen LogP contribution >= 0.6 is 0 Å². The van der Waals surface area contributed by atoms with Crippen LogP contribution in [0, 0.1) is 28.1 Å². The molecule has 1 aliphatic carbocycles. The van der Waals surface area contributed by atoms with Crippen molar-refractivity contribution in [3.63, 3.8) is 0 Å². The number of carbonyl (C=O) groups is 2. The van der Waals surface area contributed by atoms with E-state index >= 15 is 0 Å². The van der Waals surface area contributed by atoms with Gasteiger partial charge < -0.3 is 9.47 Å². The largest absolute Gasteiger partial charge is 0.465 e. The second-order valence-electron chi connectivity index (χ2n) is 12.8. The first-order valence-corrected chi connectivity index (χ1v) is 15.2. The average molecular weight is 461 g/mol. The summed E-state index contributed by atoms with van der Waals surface area (Å²) in [6, 6.07) is 12.0. The van der Waals surface area contributed by atoms with Crippen LogP contribution in [0.1, 0.15) is 61.3 Å². The van der Waals surface area contributed by atoms with Crippen molar-refractivity contribution < 1.29 is 19.1 Å². The minimum Gasteiger partial charge on any atom is -0.465 e. The normalized spacial score (nSPS) is 21.3. The quantitative estimate of drug-likeness (QED) is 0.380. The Labute approximate surface area is 196 Å². The molecular weight excluding hydrogens is 416 g/mol. The zero-order valence-electron chi connectivity index (χ0n) is 21.7. The van der Waals surface area contributed by atoms with E-state index in [9.17, 15) is 9.59 Å². The van der Waals surface area contributed by atoms with Crippen molar-refractivity contribution >= 4 is 25.2 Å². The molecule has 0 aromatic heterocycles. The van der Waals surface area contributed by atoms with E-state index in [1.54, 1.807) is 0 Å². The lowest BCUT2D eigenvalue weighted by atomic mass is 9.86. The molecule has 1 aliphatic rings. The molecule has 0 bridgehead atoms. The maximum Gasteiger partial charge on any atom is 0.311 e. The van der Waals surface area contributed by atoms with Crippen LogP contribution in [0.2, 0.25) is 19.1 Å². The molecule has 1 fully saturated rings. The molecule has 0 unspecified atom stereocenters. The zero-order chi connectivity index (χ0) is 24.4. The van der Waals surface area contributed by atoms with Crippen LogP contribution in [0.3, 0.4) is 0 Å². The van der Waals surface area contributed by atoms with E-state index < -0.39 is 18.9 Å². The Morgan fingerprint density at radius 3 is 1.81 bits per heavy atom. The highest BCUT2D eigenvalue weighted by Gasteiger charge is 2.48. The number of hydrogen-bond donors (Lipinski definition) is 0. The third-order valence-corrected chi connectivity index (χ3v) is 10.3. The number of hydrogen-bond acceptors (Lipinski definition) is 4. The monoisotopic (exact) mass is 460 g/mol. The van der Waals surface area contributed by atoms with Crippen molar-refractivity contribution in [3.8, 4) is 0 Å². The van der Waals surface area contributed by atoms with Gasteiger partial charge in [0, 0.05) is 5.41 Å². The van der Waals surface area contributed by atoms with Gasteiger partial charge in [0.25, 0.3) is 0 Å². The van der Waals surface area contributed by atoms with Crippen molar-refractivity contribution in [2.24, 2.45) is 28.1 Å². The van der Waals surface area contributed by atoms with Gasteiger partial charge in [-0.15, -0.1) is 0 Å². The first-order valence-electron chi connectivity index (χ1n) is 12.0. The Bertz CT molecular complexity index is 756. The smallest absolute Gasteiger partial charge is 0.311 e. The fourth-order valence-corrected chi connectivity index (χ4v) is 7.96. The molecule has 32 heavy (non-hydrogen) atoms. The van der Waals surface area contributed by atoms with Gasteiger partial charge in [-0.1, -0.05) is 61.6 Å². The Morgan fingerprint density at radius 1 is 0.906 bits per heavy atom. The van der Waals surface area contributed by atoms with Crippen molar-refractivity contribution in [3.05, 3.63) is 30.3 Å². The van der Waals surface area contributed by atoms with E-state index in [4.69, 9.17) is 9.47 Å². The van der Waals surface area contributed by atoms with Gasteiger partial charge in [0.2, 0.25) is 0 Å². The maximum atomic E-state index is 12.5. The molecule has 4 nitrogen and oxygen atoms in total. The number of carbonyl (C=O) groups excluding carboxylic acids is 2. The van der Waals surface area contributed by atoms with E-state index in [2.05, 4.69) is 50.3 Å². The van der Waals surface area contributed by atoms with Crippen LogP contribution in [0.25, 0.3) is 0 Å². The number of rotatable bonds is 7. The van der Waals surface area contributed by atoms with Crippen LogP contribution in [0.15, 0.2) is 30.3 Å². The van der Waals surface area contributed by atoms with Crippen LogP contribution < -0.4 is 5.19 Å². The highest BCUT2D eigenvalue weighted by molar-refractivity contribution is 6.89. The molecule has 1 saturated carbocycles. The molecule has 0 N–H and O–H groups in total. The summed E-state index contributed by atoms with van der Waals surface area (Å²) in [7, 11) is -1.61. The Hall–Kier alpha value is -1.62. The summed E-state index contributed by atoms with van der Waals surface area (Å²) in [6.07, 6.45) is 1.83. The van der Waals surface area contributed by atoms with E-state index in [1.165, 1.54) is 11.2 Å². The van der Waals surface area contributed by atoms with Gasteiger partial charge in [0.1, 0.15) is 13.2 Å². The molecule has 0 heterocycles. The van der Waals surface area contributed by atoms with Crippen molar-refractivity contribution in [2.75, 3.05) is 13.2 Å². The molecular formula is C27H44O4Si. The summed E-state index contributed by atoms with van der Waals surface area (Å²) < 4.78 is 11.6. The van der Waals surface area contributed by atoms with Crippen molar-refractivity contribution in [2.45, 2.75) is 80.4 Å². The predicted molar refractivity (Wildman–Crippen MR) is 134 cm³/mol. The van der Waals surface area contributed by atoms with Crippen LogP contribution in [0.4, 0.5) is 0 Å². The third-order valence-electron chi connectivity index (χ3n) is 6.83. The summed E-state index contributed by atoms with van der Waals surface area (Å²) >= 11 is 0. The number of benzene rings is 1. The molecule has 0 saturated heterocycles. The Morgan fingerprint density at radius 2 is 1.38 bits per heavy atom. The molecule has 1 aromatic carbocycles. The fraction of sp³-hybridized carbons (Fsp3) is 0.704. The summed E-state index contributed by atoms with van der Waals surface area (Å²) in [6.45, 7) is 19.0. The second kappa shape index (κ2) is 9.70. The standard InChI is InChI=1S/C27H44O4Si/c1-20-15-27(18-30-23(28)25(2,3)4,19-31-24(29)26(5,6)7)16-21(20)17-32(8,9)22-13-11-10-12-14-22/h10-14,20-21H,15-19H2,1-9H3/t20-,21+/m1/s1. The lowest BCUT2D eigenvalue weighted by molar-refractivity contribution is -0.164. The van der Waals surface area contributed by atoms with Crippen LogP contribution in [-0.4, -0.2) is 33.2 Å². The van der Waals surface area contributed by atoms with Gasteiger partial charge in [-0.2, -0.15) is 0 Å². The number of ether oxygens (including phenoxy) is 2. The maximum absolute atomic E-state index is 12.5. The van der Waals surface area contributed by atoms with Gasteiger partial charge in [0.05, 0.1) is 18.9 Å². The molecule has 2 rings (SSSR count). The summed E-state index contributed by atoms with van der Waals surface area (Å²) in [4.78, 5) is 25.0. The van der Waals surface area contributed by atoms with Gasteiger partial charge >= 0.3 is 11.9 Å². The van der Waals surface area contributed by atoms with Crippen LogP contribution in [-0.2, 0) is 19.1 Å². The Balaban J connectivity index is 2.19. The molecule has 5 heteroatoms. The van der Waals surface area contributed by atoms with Crippen molar-refractivity contribution in [1.82, 2.24) is 0 Å². The van der Waals surface area contributed by atoms with E-state index in [0.717, 1.165) is 12.8 Å². The van der Waals surface area contributed by atoms with Gasteiger partial charge in [-0.05, 0) is 66.2 Å². The van der Waals surface area contributed by atoms with Gasteiger partial charge in [-0.25, -0.2) is 0 Å². The molecule has 0 spiro atoms. The third kappa shape index (κ3) is 6.94. The highest BCUT2D eigenvalue weighted by Crippen LogP contribution is 2.49. The molecule has 0 radical (unpaired) electrons. The molecule has 1 aromatic rings. The summed E-state index contributed by atoms with van der Waals surface area (Å²) in [5, 5.41) is 1.48. The van der Waals surface area contributed by atoms with E-state index in [-0.39, 0.29) is 17.4 Å². The molecule has 2 atom stereocenters. The average Bonchev–Trinajstić information content (AvgIpc) is 2.98. The van der Waals surface area contributed by atoms with E-state index in [1.807, 2.05) is 41.5 Å². The first-order chi connectivity index (χ1) is 14.6. The lowest BCUT2D eigenvalue weighted by Crippen LogP contribution is -2.43. The van der Waals surface area contributed by atoms with Crippen LogP contribution in [0.5, 0.6) is 0 Å². The topological polar surface area (TPSA) is 52.6 Å². The second-order valence-corrected chi connectivity index (χ2v) is 17.5. The SMILES string of the molecule is C[C@@H]1CC(COC(=O)C(C)(C)C)(COC(=O)C(C)(C)C)C[C@H]1C[Si](C)(C)c1ccccc1. The van der Waals surface area contributed by atoms with Gasteiger partial charge in [-0.3, -0.25) is 9.59 Å². The number of esters is 2. The summed E-state index contributed by atoms with van der Waals surface area (Å²) in [5.74, 6) is 0.619. The first kappa shape index (κ1) is 26.6. The lowest BCUT2D eigenvalue weighted by Gasteiger charge is -2.32. The van der Waals surface area contributed by atoms with E-state index in [0.29, 0.717) is 25.0 Å². The van der Waals surface area contributed by atoms with Gasteiger partial charge in [0.15, 0.2) is 0 Å². The molecule has 0 amide bonds. The molecule has 180 valence electrons. The highest BCUT2D eigenvalue weighted by atomic mass is 28.3. The fourth-order valence-electron chi connectivity index (χ4n) is 4.77. The molecule has 0 aliphatic heterocycles. The Kier molecular flexibility index (Phi) is 8.07.